The molecule has 23 heavy (non-hydrogen) atoms. The molecule has 0 N–H and O–H groups in total. The predicted octanol–water partition coefficient (Wildman–Crippen LogP) is 5.85. The summed E-state index contributed by atoms with van der Waals surface area (Å²) in [5.41, 5.74) is 1.79. The summed E-state index contributed by atoms with van der Waals surface area (Å²) in [7, 11) is 0. The van der Waals surface area contributed by atoms with Crippen LogP contribution < -0.4 is 4.74 Å². The van der Waals surface area contributed by atoms with E-state index in [0.29, 0.717) is 22.6 Å². The highest BCUT2D eigenvalue weighted by Crippen LogP contribution is 2.26. The third kappa shape index (κ3) is 4.79. The maximum atomic E-state index is 6.39. The van der Waals surface area contributed by atoms with Gasteiger partial charge >= 0.3 is 0 Å². The van der Waals surface area contributed by atoms with Crippen molar-refractivity contribution in [3.8, 4) is 5.75 Å². The zero-order chi connectivity index (χ0) is 16.8. The van der Waals surface area contributed by atoms with Crippen LogP contribution >= 0.6 is 34.8 Å². The van der Waals surface area contributed by atoms with E-state index in [4.69, 9.17) is 39.5 Å². The van der Waals surface area contributed by atoms with Crippen LogP contribution in [0.5, 0.6) is 5.75 Å². The first-order chi connectivity index (χ1) is 11.1. The number of aryl methyl sites for hydroxylation is 1. The van der Waals surface area contributed by atoms with Crippen LogP contribution in [0.15, 0.2) is 18.2 Å². The summed E-state index contributed by atoms with van der Waals surface area (Å²) in [6, 6.07) is 5.78. The zero-order valence-electron chi connectivity index (χ0n) is 13.4. The highest BCUT2D eigenvalue weighted by atomic mass is 35.5. The summed E-state index contributed by atoms with van der Waals surface area (Å²) >= 11 is 18.5. The Balaban J connectivity index is 2.10. The van der Waals surface area contributed by atoms with Crippen LogP contribution in [0.1, 0.15) is 43.3 Å². The molecule has 3 nitrogen and oxygen atoms in total. The predicted molar refractivity (Wildman–Crippen MR) is 97.1 cm³/mol. The van der Waals surface area contributed by atoms with E-state index < -0.39 is 0 Å². The molecule has 0 radical (unpaired) electrons. The van der Waals surface area contributed by atoms with Crippen LogP contribution in [0.25, 0.3) is 0 Å². The van der Waals surface area contributed by atoms with Crippen LogP contribution in [0.2, 0.25) is 10.2 Å². The number of alkyl halides is 1. The van der Waals surface area contributed by atoms with Gasteiger partial charge in [0, 0.05) is 5.02 Å². The molecular weight excluding hydrogens is 355 g/mol. The van der Waals surface area contributed by atoms with Crippen LogP contribution in [0.3, 0.4) is 0 Å². The lowest BCUT2D eigenvalue weighted by Crippen LogP contribution is -2.06. The third-order valence-electron chi connectivity index (χ3n) is 3.71. The summed E-state index contributed by atoms with van der Waals surface area (Å²) in [5, 5.41) is 1.12. The molecule has 0 saturated heterocycles. The minimum absolute atomic E-state index is 0.315. The Morgan fingerprint density at radius 3 is 2.65 bits per heavy atom. The number of ether oxygens (including phenoxy) is 1. The van der Waals surface area contributed by atoms with E-state index in [-0.39, 0.29) is 0 Å². The van der Waals surface area contributed by atoms with Gasteiger partial charge < -0.3 is 9.30 Å². The molecule has 2 rings (SSSR count). The number of hydrogen-bond donors (Lipinski definition) is 0. The minimum atomic E-state index is 0.315. The molecule has 0 spiro atoms. The van der Waals surface area contributed by atoms with Crippen molar-refractivity contribution in [3.05, 3.63) is 45.5 Å². The van der Waals surface area contributed by atoms with E-state index in [1.807, 2.05) is 29.7 Å². The average molecular weight is 376 g/mol. The quantitative estimate of drug-likeness (QED) is 0.427. The van der Waals surface area contributed by atoms with Crippen LogP contribution in [0.4, 0.5) is 0 Å². The first kappa shape index (κ1) is 18.4. The standard InChI is InChI=1S/C17H21Cl3N2O/c1-3-4-5-8-23-14-7-6-13(15(19)9-14)11-22-12(2)21-17(20)16(22)10-18/h6-7,9H,3-5,8,10-11H2,1-2H3. The number of rotatable bonds is 8. The fraction of sp³-hybridized carbons (Fsp3) is 0.471. The lowest BCUT2D eigenvalue weighted by molar-refractivity contribution is 0.306. The molecule has 0 fully saturated rings. The minimum Gasteiger partial charge on any atom is -0.494 e. The van der Waals surface area contributed by atoms with Gasteiger partial charge in [-0.3, -0.25) is 0 Å². The maximum absolute atomic E-state index is 6.39. The van der Waals surface area contributed by atoms with Gasteiger partial charge in [-0.2, -0.15) is 0 Å². The van der Waals surface area contributed by atoms with E-state index in [9.17, 15) is 0 Å². The first-order valence-corrected chi connectivity index (χ1v) is 9.04. The molecule has 0 unspecified atom stereocenters. The normalized spacial score (nSPS) is 11.0. The molecule has 0 aliphatic carbocycles. The summed E-state index contributed by atoms with van der Waals surface area (Å²) in [6.45, 7) is 5.38. The van der Waals surface area contributed by atoms with Gasteiger partial charge in [0.2, 0.25) is 0 Å². The van der Waals surface area contributed by atoms with Gasteiger partial charge in [0.1, 0.15) is 11.6 Å². The molecule has 126 valence electrons. The Labute approximate surface area is 152 Å². The maximum Gasteiger partial charge on any atom is 0.151 e. The molecule has 0 amide bonds. The van der Waals surface area contributed by atoms with E-state index in [1.54, 1.807) is 0 Å². The summed E-state index contributed by atoms with van der Waals surface area (Å²) in [4.78, 5) is 4.26. The fourth-order valence-electron chi connectivity index (χ4n) is 2.37. The van der Waals surface area contributed by atoms with Crippen molar-refractivity contribution in [2.24, 2.45) is 0 Å². The number of halogens is 3. The molecule has 6 heteroatoms. The topological polar surface area (TPSA) is 27.1 Å². The van der Waals surface area contributed by atoms with E-state index in [2.05, 4.69) is 11.9 Å². The molecule has 2 aromatic rings. The molecule has 1 aromatic heterocycles. The Morgan fingerprint density at radius 2 is 2.00 bits per heavy atom. The first-order valence-electron chi connectivity index (χ1n) is 7.75. The van der Waals surface area contributed by atoms with Crippen molar-refractivity contribution in [2.45, 2.75) is 45.5 Å². The van der Waals surface area contributed by atoms with Crippen molar-refractivity contribution in [1.29, 1.82) is 0 Å². The zero-order valence-corrected chi connectivity index (χ0v) is 15.7. The lowest BCUT2D eigenvalue weighted by atomic mass is 10.2. The lowest BCUT2D eigenvalue weighted by Gasteiger charge is -2.12. The molecule has 0 aliphatic rings. The second-order valence-corrected chi connectivity index (χ2v) is 6.46. The Kier molecular flexibility index (Phi) is 7.07. The largest absolute Gasteiger partial charge is 0.494 e. The van der Waals surface area contributed by atoms with Gasteiger partial charge in [-0.25, -0.2) is 4.98 Å². The summed E-state index contributed by atoms with van der Waals surface area (Å²) in [6.07, 6.45) is 3.41. The van der Waals surface area contributed by atoms with Crippen molar-refractivity contribution >= 4 is 34.8 Å². The van der Waals surface area contributed by atoms with Crippen molar-refractivity contribution < 1.29 is 4.74 Å². The Bertz CT molecular complexity index is 656. The van der Waals surface area contributed by atoms with Gasteiger partial charge in [0.25, 0.3) is 0 Å². The number of unbranched alkanes of at least 4 members (excludes halogenated alkanes) is 2. The molecule has 0 saturated carbocycles. The summed E-state index contributed by atoms with van der Waals surface area (Å²) < 4.78 is 7.71. The molecular formula is C17H21Cl3N2O. The number of hydrogen-bond acceptors (Lipinski definition) is 2. The van der Waals surface area contributed by atoms with Gasteiger partial charge in [-0.15, -0.1) is 11.6 Å². The van der Waals surface area contributed by atoms with Gasteiger partial charge in [-0.05, 0) is 31.0 Å². The average Bonchev–Trinajstić information content (AvgIpc) is 2.79. The van der Waals surface area contributed by atoms with E-state index in [0.717, 1.165) is 35.9 Å². The Hall–Kier alpha value is -0.900. The molecule has 1 heterocycles. The summed E-state index contributed by atoms with van der Waals surface area (Å²) in [5.74, 6) is 1.94. The number of nitrogens with zero attached hydrogens (tertiary/aromatic N) is 2. The molecule has 0 bridgehead atoms. The monoisotopic (exact) mass is 374 g/mol. The SMILES string of the molecule is CCCCCOc1ccc(Cn2c(C)nc(Cl)c2CCl)c(Cl)c1. The molecule has 0 aliphatic heterocycles. The van der Waals surface area contributed by atoms with Crippen LogP contribution in [-0.2, 0) is 12.4 Å². The van der Waals surface area contributed by atoms with Gasteiger partial charge in [-0.1, -0.05) is 49.0 Å². The van der Waals surface area contributed by atoms with E-state index >= 15 is 0 Å². The van der Waals surface area contributed by atoms with Crippen LogP contribution in [0, 0.1) is 6.92 Å². The second-order valence-electron chi connectivity index (χ2n) is 5.43. The Morgan fingerprint density at radius 1 is 1.22 bits per heavy atom. The number of imidazole rings is 1. The smallest absolute Gasteiger partial charge is 0.151 e. The van der Waals surface area contributed by atoms with Crippen LogP contribution in [-0.4, -0.2) is 16.2 Å². The van der Waals surface area contributed by atoms with Crippen molar-refractivity contribution in [1.82, 2.24) is 9.55 Å². The highest BCUT2D eigenvalue weighted by Gasteiger charge is 2.14. The third-order valence-corrected chi connectivity index (χ3v) is 4.62. The van der Waals surface area contributed by atoms with Crippen molar-refractivity contribution in [2.75, 3.05) is 6.61 Å². The van der Waals surface area contributed by atoms with Gasteiger partial charge in [0.05, 0.1) is 24.7 Å². The molecule has 0 atom stereocenters. The number of aromatic nitrogens is 2. The van der Waals surface area contributed by atoms with E-state index in [1.165, 1.54) is 12.8 Å². The second kappa shape index (κ2) is 8.81. The number of benzene rings is 1. The highest BCUT2D eigenvalue weighted by molar-refractivity contribution is 6.31. The molecule has 1 aromatic carbocycles. The van der Waals surface area contributed by atoms with Gasteiger partial charge in [0.15, 0.2) is 5.15 Å². The fourth-order valence-corrected chi connectivity index (χ4v) is 3.23. The van der Waals surface area contributed by atoms with Crippen molar-refractivity contribution in [3.63, 3.8) is 0 Å².